The summed E-state index contributed by atoms with van der Waals surface area (Å²) in [5.74, 6) is -0.277. The monoisotopic (exact) mass is 469 g/mol. The number of nitrogens with zero attached hydrogens (tertiary/aromatic N) is 2. The standard InChI is InChI=1S/C24H36FN3O3.ClH/c1-4-30-13-14-31-19-5-9-24(3,10-6-19)27-11-7-18(8-12-27)28-22-15-17(2)20(25)16-21(22)26-23(28)29;/h15-16,18-19H,4-14H2,1-3H3,(H,26,29);1H/t19-,24+;. The zero-order valence-electron chi connectivity index (χ0n) is 19.5. The fourth-order valence-electron chi connectivity index (χ4n) is 5.39. The van der Waals surface area contributed by atoms with Gasteiger partial charge in [-0.1, -0.05) is 0 Å². The molecule has 8 heteroatoms. The van der Waals surface area contributed by atoms with Crippen LogP contribution in [-0.4, -0.2) is 59.0 Å². The SMILES string of the molecule is CCOCCO[C@H]1CC[C@@](C)(N2CCC(n3c(=O)[nH]c4cc(F)c(C)cc43)CC2)CC1.Cl. The zero-order chi connectivity index (χ0) is 22.0. The highest BCUT2D eigenvalue weighted by Gasteiger charge is 2.38. The van der Waals surface area contributed by atoms with Crippen LogP contribution < -0.4 is 5.69 Å². The van der Waals surface area contributed by atoms with Crippen molar-refractivity contribution in [3.8, 4) is 0 Å². The lowest BCUT2D eigenvalue weighted by Gasteiger charge is -2.48. The van der Waals surface area contributed by atoms with Crippen LogP contribution in [0.5, 0.6) is 0 Å². The van der Waals surface area contributed by atoms with E-state index in [1.165, 1.54) is 6.07 Å². The van der Waals surface area contributed by atoms with Crippen molar-refractivity contribution in [2.75, 3.05) is 32.9 Å². The Hall–Kier alpha value is -1.41. The van der Waals surface area contributed by atoms with Gasteiger partial charge in [0.25, 0.3) is 0 Å². The zero-order valence-corrected chi connectivity index (χ0v) is 20.3. The number of halogens is 2. The largest absolute Gasteiger partial charge is 0.379 e. The molecule has 0 spiro atoms. The number of nitrogens with one attached hydrogen (secondary N) is 1. The molecule has 0 unspecified atom stereocenters. The quantitative estimate of drug-likeness (QED) is 0.602. The minimum absolute atomic E-state index is 0. The van der Waals surface area contributed by atoms with Crippen molar-refractivity contribution < 1.29 is 13.9 Å². The van der Waals surface area contributed by atoms with E-state index in [1.807, 2.05) is 11.5 Å². The Bertz CT molecular complexity index is 944. The summed E-state index contributed by atoms with van der Waals surface area (Å²) in [6.45, 7) is 10.2. The molecule has 0 radical (unpaired) electrons. The van der Waals surface area contributed by atoms with E-state index in [1.54, 1.807) is 13.0 Å². The molecule has 1 N–H and O–H groups in total. The van der Waals surface area contributed by atoms with Crippen LogP contribution in [-0.2, 0) is 9.47 Å². The van der Waals surface area contributed by atoms with Gasteiger partial charge >= 0.3 is 5.69 Å². The summed E-state index contributed by atoms with van der Waals surface area (Å²) >= 11 is 0. The van der Waals surface area contributed by atoms with Gasteiger partial charge in [0.1, 0.15) is 5.82 Å². The lowest BCUT2D eigenvalue weighted by molar-refractivity contribution is -0.0450. The van der Waals surface area contributed by atoms with Gasteiger partial charge in [-0.2, -0.15) is 0 Å². The summed E-state index contributed by atoms with van der Waals surface area (Å²) < 4.78 is 27.1. The third-order valence-electron chi connectivity index (χ3n) is 7.39. The summed E-state index contributed by atoms with van der Waals surface area (Å²) in [7, 11) is 0. The Morgan fingerprint density at radius 2 is 1.84 bits per heavy atom. The number of ether oxygens (including phenoxy) is 2. The predicted octanol–water partition coefficient (Wildman–Crippen LogP) is 4.59. The lowest BCUT2D eigenvalue weighted by atomic mass is 9.79. The summed E-state index contributed by atoms with van der Waals surface area (Å²) in [4.78, 5) is 18.1. The molecular formula is C24H37ClFN3O3. The fourth-order valence-corrected chi connectivity index (χ4v) is 5.39. The summed E-state index contributed by atoms with van der Waals surface area (Å²) in [6.07, 6.45) is 6.69. The van der Waals surface area contributed by atoms with Crippen LogP contribution in [0, 0.1) is 12.7 Å². The summed E-state index contributed by atoms with van der Waals surface area (Å²) in [6, 6.07) is 3.39. The van der Waals surface area contributed by atoms with E-state index in [4.69, 9.17) is 9.47 Å². The molecule has 1 aliphatic carbocycles. The molecule has 2 fully saturated rings. The van der Waals surface area contributed by atoms with E-state index in [2.05, 4.69) is 16.8 Å². The van der Waals surface area contributed by atoms with Gasteiger partial charge in [0.05, 0.1) is 30.4 Å². The molecule has 1 saturated carbocycles. The van der Waals surface area contributed by atoms with E-state index in [0.717, 1.165) is 63.7 Å². The number of H-pyrrole nitrogens is 1. The molecule has 1 aromatic carbocycles. The molecule has 1 aromatic heterocycles. The van der Waals surface area contributed by atoms with Gasteiger partial charge in [0, 0.05) is 31.3 Å². The average Bonchev–Trinajstić information content (AvgIpc) is 3.07. The van der Waals surface area contributed by atoms with Crippen molar-refractivity contribution in [2.24, 2.45) is 0 Å². The van der Waals surface area contributed by atoms with Crippen molar-refractivity contribution in [2.45, 2.75) is 77.0 Å². The van der Waals surface area contributed by atoms with E-state index < -0.39 is 0 Å². The maximum atomic E-state index is 13.9. The molecule has 32 heavy (non-hydrogen) atoms. The first-order valence-corrected chi connectivity index (χ1v) is 11.8. The van der Waals surface area contributed by atoms with E-state index in [9.17, 15) is 9.18 Å². The Morgan fingerprint density at radius 1 is 1.16 bits per heavy atom. The van der Waals surface area contributed by atoms with Gasteiger partial charge in [-0.15, -0.1) is 12.4 Å². The number of aromatic amines is 1. The number of hydrogen-bond donors (Lipinski definition) is 1. The second kappa shape index (κ2) is 10.7. The Kier molecular flexibility index (Phi) is 8.42. The Labute approximate surface area is 195 Å². The molecule has 6 nitrogen and oxygen atoms in total. The number of hydrogen-bond acceptors (Lipinski definition) is 4. The maximum absolute atomic E-state index is 13.9. The van der Waals surface area contributed by atoms with Crippen LogP contribution in [0.15, 0.2) is 16.9 Å². The third kappa shape index (κ3) is 5.22. The number of likely N-dealkylation sites (tertiary alicyclic amines) is 1. The number of aromatic nitrogens is 2. The maximum Gasteiger partial charge on any atom is 0.326 e. The van der Waals surface area contributed by atoms with Gasteiger partial charge in [-0.25, -0.2) is 9.18 Å². The number of benzene rings is 1. The topological polar surface area (TPSA) is 59.5 Å². The molecule has 0 atom stereocenters. The molecule has 2 heterocycles. The Morgan fingerprint density at radius 3 is 2.50 bits per heavy atom. The number of piperidine rings is 1. The normalized spacial score (nSPS) is 25.2. The highest BCUT2D eigenvalue weighted by molar-refractivity contribution is 5.85. The van der Waals surface area contributed by atoms with Crippen molar-refractivity contribution in [1.82, 2.24) is 14.5 Å². The second-order valence-electron chi connectivity index (χ2n) is 9.40. The van der Waals surface area contributed by atoms with Gasteiger partial charge < -0.3 is 14.5 Å². The van der Waals surface area contributed by atoms with Crippen LogP contribution in [0.3, 0.4) is 0 Å². The molecule has 2 aromatic rings. The first kappa shape index (κ1) is 25.2. The van der Waals surface area contributed by atoms with Gasteiger partial charge in [0.15, 0.2) is 0 Å². The van der Waals surface area contributed by atoms with Crippen LogP contribution in [0.2, 0.25) is 0 Å². The molecule has 4 rings (SSSR count). The first-order valence-electron chi connectivity index (χ1n) is 11.8. The van der Waals surface area contributed by atoms with E-state index in [0.29, 0.717) is 30.4 Å². The lowest BCUT2D eigenvalue weighted by Crippen LogP contribution is -2.53. The molecule has 2 aliphatic rings. The van der Waals surface area contributed by atoms with Crippen molar-refractivity contribution >= 4 is 23.4 Å². The third-order valence-corrected chi connectivity index (χ3v) is 7.39. The average molecular weight is 470 g/mol. The molecule has 1 saturated heterocycles. The number of imidazole rings is 1. The highest BCUT2D eigenvalue weighted by Crippen LogP contribution is 2.38. The van der Waals surface area contributed by atoms with E-state index in [-0.39, 0.29) is 35.5 Å². The van der Waals surface area contributed by atoms with Gasteiger partial charge in [0.2, 0.25) is 0 Å². The first-order chi connectivity index (χ1) is 14.9. The summed E-state index contributed by atoms with van der Waals surface area (Å²) in [5, 5.41) is 0. The van der Waals surface area contributed by atoms with Crippen LogP contribution in [0.25, 0.3) is 11.0 Å². The summed E-state index contributed by atoms with van der Waals surface area (Å²) in [5.41, 5.74) is 2.05. The van der Waals surface area contributed by atoms with Crippen LogP contribution >= 0.6 is 12.4 Å². The fraction of sp³-hybridized carbons (Fsp3) is 0.708. The molecule has 1 aliphatic heterocycles. The highest BCUT2D eigenvalue weighted by atomic mass is 35.5. The Balaban J connectivity index is 0.00000289. The van der Waals surface area contributed by atoms with Crippen molar-refractivity contribution in [3.63, 3.8) is 0 Å². The number of rotatable bonds is 7. The van der Waals surface area contributed by atoms with E-state index >= 15 is 0 Å². The smallest absolute Gasteiger partial charge is 0.326 e. The van der Waals surface area contributed by atoms with Crippen molar-refractivity contribution in [1.29, 1.82) is 0 Å². The number of fused-ring (bicyclic) bond motifs is 1. The minimum atomic E-state index is -0.277. The number of aryl methyl sites for hydroxylation is 1. The molecule has 0 amide bonds. The molecule has 180 valence electrons. The molecular weight excluding hydrogens is 433 g/mol. The minimum Gasteiger partial charge on any atom is -0.379 e. The van der Waals surface area contributed by atoms with Gasteiger partial charge in [-0.3, -0.25) is 9.47 Å². The van der Waals surface area contributed by atoms with Gasteiger partial charge in [-0.05, 0) is 77.0 Å². The second-order valence-corrected chi connectivity index (χ2v) is 9.40. The van der Waals surface area contributed by atoms with Crippen molar-refractivity contribution in [3.05, 3.63) is 34.0 Å². The van der Waals surface area contributed by atoms with Crippen LogP contribution in [0.4, 0.5) is 4.39 Å². The predicted molar refractivity (Wildman–Crippen MR) is 127 cm³/mol. The molecule has 0 bridgehead atoms. The van der Waals surface area contributed by atoms with Crippen LogP contribution in [0.1, 0.15) is 64.0 Å².